The fourth-order valence-corrected chi connectivity index (χ4v) is 3.22. The molecule has 0 bridgehead atoms. The van der Waals surface area contributed by atoms with Crippen LogP contribution in [0.5, 0.6) is 0 Å². The number of amides is 1. The molecular formula is C21H26N2O5. The van der Waals surface area contributed by atoms with Crippen molar-refractivity contribution in [3.8, 4) is 0 Å². The number of anilines is 1. The molecule has 7 nitrogen and oxygen atoms in total. The smallest absolute Gasteiger partial charge is 0.355 e. The molecule has 150 valence electrons. The summed E-state index contributed by atoms with van der Waals surface area (Å²) >= 11 is 0. The highest BCUT2D eigenvalue weighted by Crippen LogP contribution is 2.22. The molecule has 1 aromatic carbocycles. The Morgan fingerprint density at radius 2 is 1.57 bits per heavy atom. The third-order valence-corrected chi connectivity index (χ3v) is 4.40. The summed E-state index contributed by atoms with van der Waals surface area (Å²) in [5.74, 6) is -1.64. The number of esters is 2. The fraction of sp³-hybridized carbons (Fsp3) is 0.381. The summed E-state index contributed by atoms with van der Waals surface area (Å²) in [6, 6.07) is 3.94. The molecule has 0 saturated heterocycles. The third-order valence-electron chi connectivity index (χ3n) is 4.40. The summed E-state index contributed by atoms with van der Waals surface area (Å²) in [6.45, 7) is 10.6. The van der Waals surface area contributed by atoms with Gasteiger partial charge in [-0.05, 0) is 58.2 Å². The summed E-state index contributed by atoms with van der Waals surface area (Å²) in [5.41, 5.74) is 5.06. The van der Waals surface area contributed by atoms with Gasteiger partial charge in [-0.2, -0.15) is 0 Å². The van der Waals surface area contributed by atoms with Crippen LogP contribution in [-0.2, 0) is 14.3 Å². The summed E-state index contributed by atoms with van der Waals surface area (Å²) in [6.07, 6.45) is 0. The van der Waals surface area contributed by atoms with E-state index < -0.39 is 24.5 Å². The van der Waals surface area contributed by atoms with Gasteiger partial charge < -0.3 is 19.8 Å². The van der Waals surface area contributed by atoms with E-state index >= 15 is 0 Å². The number of aryl methyl sites for hydroxylation is 4. The summed E-state index contributed by atoms with van der Waals surface area (Å²) in [4.78, 5) is 39.5. The van der Waals surface area contributed by atoms with Crippen LogP contribution in [0, 0.1) is 34.6 Å². The SMILES string of the molecule is CCOC(=O)c1[nH]c(C)c(C(=O)OCC(=O)Nc2c(C)cc(C)cc2C)c1C. The average Bonchev–Trinajstić information content (AvgIpc) is 2.90. The lowest BCUT2D eigenvalue weighted by Crippen LogP contribution is -2.22. The number of hydrogen-bond donors (Lipinski definition) is 2. The molecule has 0 aliphatic carbocycles. The number of hydrogen-bond acceptors (Lipinski definition) is 5. The minimum absolute atomic E-state index is 0.210. The van der Waals surface area contributed by atoms with Gasteiger partial charge in [0.25, 0.3) is 5.91 Å². The molecule has 0 atom stereocenters. The number of rotatable bonds is 6. The first-order chi connectivity index (χ1) is 13.1. The monoisotopic (exact) mass is 386 g/mol. The van der Waals surface area contributed by atoms with E-state index in [1.54, 1.807) is 20.8 Å². The Bertz CT molecular complexity index is 904. The second-order valence-corrected chi connectivity index (χ2v) is 6.74. The quantitative estimate of drug-likeness (QED) is 0.740. The lowest BCUT2D eigenvalue weighted by molar-refractivity contribution is -0.119. The third kappa shape index (κ3) is 4.60. The Hall–Kier alpha value is -3.09. The van der Waals surface area contributed by atoms with Crippen LogP contribution in [0.2, 0.25) is 0 Å². The van der Waals surface area contributed by atoms with Crippen LogP contribution in [-0.4, -0.2) is 36.0 Å². The second kappa shape index (κ2) is 8.73. The molecule has 0 unspecified atom stereocenters. The van der Waals surface area contributed by atoms with Crippen molar-refractivity contribution in [2.24, 2.45) is 0 Å². The molecule has 7 heteroatoms. The molecule has 0 saturated carbocycles. The van der Waals surface area contributed by atoms with Crippen molar-refractivity contribution in [1.29, 1.82) is 0 Å². The number of ether oxygens (including phenoxy) is 2. The van der Waals surface area contributed by atoms with Crippen LogP contribution >= 0.6 is 0 Å². The number of aromatic nitrogens is 1. The van der Waals surface area contributed by atoms with E-state index in [0.717, 1.165) is 16.7 Å². The van der Waals surface area contributed by atoms with Gasteiger partial charge in [-0.3, -0.25) is 4.79 Å². The number of H-pyrrole nitrogens is 1. The molecule has 0 spiro atoms. The molecule has 0 aliphatic rings. The van der Waals surface area contributed by atoms with Crippen molar-refractivity contribution < 1.29 is 23.9 Å². The first-order valence-electron chi connectivity index (χ1n) is 9.06. The van der Waals surface area contributed by atoms with Crippen molar-refractivity contribution in [1.82, 2.24) is 4.98 Å². The highest BCUT2D eigenvalue weighted by molar-refractivity contribution is 6.00. The lowest BCUT2D eigenvalue weighted by atomic mass is 10.1. The van der Waals surface area contributed by atoms with E-state index in [1.165, 1.54) is 0 Å². The lowest BCUT2D eigenvalue weighted by Gasteiger charge is -2.13. The molecule has 1 heterocycles. The maximum atomic E-state index is 12.4. The topological polar surface area (TPSA) is 97.5 Å². The van der Waals surface area contributed by atoms with Crippen LogP contribution < -0.4 is 5.32 Å². The van der Waals surface area contributed by atoms with Gasteiger partial charge in [-0.25, -0.2) is 9.59 Å². The van der Waals surface area contributed by atoms with E-state index in [9.17, 15) is 14.4 Å². The minimum Gasteiger partial charge on any atom is -0.461 e. The van der Waals surface area contributed by atoms with Gasteiger partial charge in [0.2, 0.25) is 0 Å². The van der Waals surface area contributed by atoms with Crippen LogP contribution in [0.4, 0.5) is 5.69 Å². The molecule has 28 heavy (non-hydrogen) atoms. The molecular weight excluding hydrogens is 360 g/mol. The number of aromatic amines is 1. The Balaban J connectivity index is 2.07. The zero-order valence-electron chi connectivity index (χ0n) is 17.1. The average molecular weight is 386 g/mol. The summed E-state index contributed by atoms with van der Waals surface area (Å²) < 4.78 is 10.1. The Morgan fingerprint density at radius 1 is 0.964 bits per heavy atom. The van der Waals surface area contributed by atoms with E-state index in [4.69, 9.17) is 9.47 Å². The molecule has 2 aromatic rings. The second-order valence-electron chi connectivity index (χ2n) is 6.74. The Labute approximate surface area is 164 Å². The molecule has 0 aliphatic heterocycles. The van der Waals surface area contributed by atoms with Crippen LogP contribution in [0.1, 0.15) is 55.7 Å². The predicted octanol–water partition coefficient (Wildman–Crippen LogP) is 3.53. The fourth-order valence-electron chi connectivity index (χ4n) is 3.22. The standard InChI is InChI=1S/C21H26N2O5/c1-7-27-21(26)19-14(5)17(15(6)22-19)20(25)28-10-16(24)23-18-12(3)8-11(2)9-13(18)4/h8-9,22H,7,10H2,1-6H3,(H,23,24). The zero-order chi connectivity index (χ0) is 21.0. The first-order valence-corrected chi connectivity index (χ1v) is 9.06. The molecule has 2 N–H and O–H groups in total. The van der Waals surface area contributed by atoms with Crippen molar-refractivity contribution >= 4 is 23.5 Å². The summed E-state index contributed by atoms with van der Waals surface area (Å²) in [5, 5.41) is 2.78. The predicted molar refractivity (Wildman–Crippen MR) is 106 cm³/mol. The Morgan fingerprint density at radius 3 is 2.14 bits per heavy atom. The molecule has 0 fully saturated rings. The zero-order valence-corrected chi connectivity index (χ0v) is 17.1. The van der Waals surface area contributed by atoms with Crippen molar-refractivity contribution in [3.63, 3.8) is 0 Å². The van der Waals surface area contributed by atoms with Gasteiger partial charge >= 0.3 is 11.9 Å². The summed E-state index contributed by atoms with van der Waals surface area (Å²) in [7, 11) is 0. The van der Waals surface area contributed by atoms with E-state index in [0.29, 0.717) is 16.9 Å². The van der Waals surface area contributed by atoms with Crippen molar-refractivity contribution in [2.75, 3.05) is 18.5 Å². The van der Waals surface area contributed by atoms with E-state index in [2.05, 4.69) is 10.3 Å². The van der Waals surface area contributed by atoms with Gasteiger partial charge in [-0.15, -0.1) is 0 Å². The number of benzene rings is 1. The molecule has 1 aromatic heterocycles. The van der Waals surface area contributed by atoms with Gasteiger partial charge in [0, 0.05) is 11.4 Å². The normalized spacial score (nSPS) is 10.5. The minimum atomic E-state index is -0.672. The van der Waals surface area contributed by atoms with Crippen molar-refractivity contribution in [2.45, 2.75) is 41.5 Å². The maximum absolute atomic E-state index is 12.4. The number of carbonyl (C=O) groups is 3. The highest BCUT2D eigenvalue weighted by atomic mass is 16.5. The number of carbonyl (C=O) groups excluding carboxylic acids is 3. The molecule has 0 radical (unpaired) electrons. The Kier molecular flexibility index (Phi) is 6.62. The first kappa shape index (κ1) is 21.2. The van der Waals surface area contributed by atoms with E-state index in [-0.39, 0.29) is 17.9 Å². The van der Waals surface area contributed by atoms with Crippen LogP contribution in [0.15, 0.2) is 12.1 Å². The van der Waals surface area contributed by atoms with Crippen molar-refractivity contribution in [3.05, 3.63) is 51.3 Å². The van der Waals surface area contributed by atoms with Gasteiger partial charge in [0.1, 0.15) is 5.69 Å². The largest absolute Gasteiger partial charge is 0.461 e. The highest BCUT2D eigenvalue weighted by Gasteiger charge is 2.24. The van der Waals surface area contributed by atoms with E-state index in [1.807, 2.05) is 32.9 Å². The van der Waals surface area contributed by atoms with Gasteiger partial charge in [-0.1, -0.05) is 17.7 Å². The van der Waals surface area contributed by atoms with Gasteiger partial charge in [0.05, 0.1) is 12.2 Å². The number of nitrogens with one attached hydrogen (secondary N) is 2. The molecule has 1 amide bonds. The maximum Gasteiger partial charge on any atom is 0.355 e. The van der Waals surface area contributed by atoms with Crippen LogP contribution in [0.3, 0.4) is 0 Å². The van der Waals surface area contributed by atoms with Gasteiger partial charge in [0.15, 0.2) is 6.61 Å². The van der Waals surface area contributed by atoms with Crippen LogP contribution in [0.25, 0.3) is 0 Å². The molecule has 2 rings (SSSR count).